The first-order valence-electron chi connectivity index (χ1n) is 9.38. The first-order chi connectivity index (χ1) is 12.0. The molecule has 3 rings (SSSR count). The monoisotopic (exact) mass is 343 g/mol. The van der Waals surface area contributed by atoms with E-state index >= 15 is 0 Å². The second-order valence-corrected chi connectivity index (χ2v) is 7.49. The Labute approximate surface area is 150 Å². The lowest BCUT2D eigenvalue weighted by molar-refractivity contribution is -0.140. The van der Waals surface area contributed by atoms with Gasteiger partial charge in [-0.05, 0) is 49.9 Å². The fourth-order valence-corrected chi connectivity index (χ4v) is 3.84. The van der Waals surface area contributed by atoms with Crippen molar-refractivity contribution in [2.75, 3.05) is 31.6 Å². The summed E-state index contributed by atoms with van der Waals surface area (Å²) in [5, 5.41) is 3.25. The molecular weight excluding hydrogens is 314 g/mol. The molecule has 5 nitrogen and oxygen atoms in total. The Morgan fingerprint density at radius 2 is 1.88 bits per heavy atom. The molecule has 1 N–H and O–H groups in total. The minimum Gasteiger partial charge on any atom is -0.340 e. The number of likely N-dealkylation sites (N-methyl/N-ethyl adjacent to an activating group) is 1. The second kappa shape index (κ2) is 7.56. The predicted molar refractivity (Wildman–Crippen MR) is 99.7 cm³/mol. The molecule has 2 fully saturated rings. The number of amides is 2. The van der Waals surface area contributed by atoms with E-state index in [-0.39, 0.29) is 11.8 Å². The van der Waals surface area contributed by atoms with Gasteiger partial charge < -0.3 is 15.1 Å². The Balaban J connectivity index is 1.67. The average molecular weight is 343 g/mol. The topological polar surface area (TPSA) is 52.7 Å². The number of hydrogen-bond donors (Lipinski definition) is 1. The maximum Gasteiger partial charge on any atom is 0.239 e. The van der Waals surface area contributed by atoms with Crippen molar-refractivity contribution < 1.29 is 9.59 Å². The number of nitrogens with one attached hydrogen (secondary N) is 1. The number of anilines is 1. The van der Waals surface area contributed by atoms with Crippen LogP contribution in [0.15, 0.2) is 24.3 Å². The van der Waals surface area contributed by atoms with E-state index in [1.54, 1.807) is 4.90 Å². The van der Waals surface area contributed by atoms with Gasteiger partial charge in [0.25, 0.3) is 0 Å². The smallest absolute Gasteiger partial charge is 0.239 e. The van der Waals surface area contributed by atoms with Crippen LogP contribution < -0.4 is 10.2 Å². The summed E-state index contributed by atoms with van der Waals surface area (Å²) in [4.78, 5) is 29.3. The average Bonchev–Trinajstić information content (AvgIpc) is 3.02. The van der Waals surface area contributed by atoms with Gasteiger partial charge in [-0.2, -0.15) is 0 Å². The standard InChI is InChI=1S/C20H29N3O2/c1-14(2)15-6-8-17(9-7-15)23-12-10-18(20(23)25)19(24)22-11-4-5-16(13-22)21-3/h6-9,14,16,18,21H,4-5,10-13H2,1-3H3. The molecule has 25 heavy (non-hydrogen) atoms. The zero-order valence-electron chi connectivity index (χ0n) is 15.5. The second-order valence-electron chi connectivity index (χ2n) is 7.49. The number of benzene rings is 1. The Bertz CT molecular complexity index is 626. The molecule has 2 atom stereocenters. The van der Waals surface area contributed by atoms with Gasteiger partial charge in [0.05, 0.1) is 0 Å². The van der Waals surface area contributed by atoms with E-state index in [1.807, 2.05) is 24.1 Å². The Hall–Kier alpha value is -1.88. The van der Waals surface area contributed by atoms with Crippen molar-refractivity contribution in [3.05, 3.63) is 29.8 Å². The molecule has 0 aromatic heterocycles. The number of nitrogens with zero attached hydrogens (tertiary/aromatic N) is 2. The number of carbonyl (C=O) groups excluding carboxylic acids is 2. The molecular formula is C20H29N3O2. The summed E-state index contributed by atoms with van der Waals surface area (Å²) < 4.78 is 0. The first-order valence-corrected chi connectivity index (χ1v) is 9.38. The fraction of sp³-hybridized carbons (Fsp3) is 0.600. The van der Waals surface area contributed by atoms with Crippen LogP contribution in [0.5, 0.6) is 0 Å². The third-order valence-electron chi connectivity index (χ3n) is 5.52. The number of rotatable bonds is 4. The van der Waals surface area contributed by atoms with Crippen LogP contribution in [0.25, 0.3) is 0 Å². The maximum atomic E-state index is 12.8. The quantitative estimate of drug-likeness (QED) is 0.854. The van der Waals surface area contributed by atoms with E-state index in [0.717, 1.165) is 25.1 Å². The van der Waals surface area contributed by atoms with Gasteiger partial charge in [-0.3, -0.25) is 9.59 Å². The zero-order chi connectivity index (χ0) is 18.0. The number of carbonyl (C=O) groups is 2. The predicted octanol–water partition coefficient (Wildman–Crippen LogP) is 2.37. The minimum atomic E-state index is -0.514. The molecule has 2 amide bonds. The number of likely N-dealkylation sites (tertiary alicyclic amines) is 1. The molecule has 2 aliphatic heterocycles. The summed E-state index contributed by atoms with van der Waals surface area (Å²) in [6.07, 6.45) is 2.70. The normalized spacial score (nSPS) is 24.2. The zero-order valence-corrected chi connectivity index (χ0v) is 15.5. The van der Waals surface area contributed by atoms with Crippen LogP contribution in [0.1, 0.15) is 44.6 Å². The van der Waals surface area contributed by atoms with E-state index in [0.29, 0.717) is 31.5 Å². The van der Waals surface area contributed by atoms with Crippen LogP contribution in [-0.2, 0) is 9.59 Å². The van der Waals surface area contributed by atoms with Gasteiger partial charge in [-0.15, -0.1) is 0 Å². The summed E-state index contributed by atoms with van der Waals surface area (Å²) in [6.45, 7) is 6.41. The van der Waals surface area contributed by atoms with Crippen LogP contribution >= 0.6 is 0 Å². The molecule has 2 saturated heterocycles. The van der Waals surface area contributed by atoms with Gasteiger partial charge in [0, 0.05) is 31.4 Å². The summed E-state index contributed by atoms with van der Waals surface area (Å²) in [5.41, 5.74) is 2.16. The largest absolute Gasteiger partial charge is 0.340 e. The minimum absolute atomic E-state index is 0.00579. The van der Waals surface area contributed by atoms with Crippen molar-refractivity contribution in [3.63, 3.8) is 0 Å². The van der Waals surface area contributed by atoms with Crippen LogP contribution in [-0.4, -0.2) is 49.4 Å². The van der Waals surface area contributed by atoms with Gasteiger partial charge >= 0.3 is 0 Å². The molecule has 0 radical (unpaired) electrons. The highest BCUT2D eigenvalue weighted by atomic mass is 16.2. The molecule has 2 aliphatic rings. The third-order valence-corrected chi connectivity index (χ3v) is 5.52. The number of piperidine rings is 1. The highest BCUT2D eigenvalue weighted by Gasteiger charge is 2.40. The summed E-state index contributed by atoms with van der Waals surface area (Å²) in [5.74, 6) is -0.0858. The molecule has 1 aromatic rings. The molecule has 5 heteroatoms. The van der Waals surface area contributed by atoms with Gasteiger partial charge in [0.1, 0.15) is 5.92 Å². The van der Waals surface area contributed by atoms with Gasteiger partial charge in [0.15, 0.2) is 0 Å². The first kappa shape index (κ1) is 17.9. The molecule has 0 bridgehead atoms. The van der Waals surface area contributed by atoms with E-state index < -0.39 is 5.92 Å². The van der Waals surface area contributed by atoms with Crippen molar-refractivity contribution in [1.82, 2.24) is 10.2 Å². The van der Waals surface area contributed by atoms with E-state index in [1.165, 1.54) is 5.56 Å². The van der Waals surface area contributed by atoms with E-state index in [2.05, 4.69) is 31.3 Å². The fourth-order valence-electron chi connectivity index (χ4n) is 3.84. The Morgan fingerprint density at radius 1 is 1.16 bits per heavy atom. The Kier molecular flexibility index (Phi) is 5.42. The molecule has 0 saturated carbocycles. The number of hydrogen-bond acceptors (Lipinski definition) is 3. The molecule has 2 heterocycles. The highest BCUT2D eigenvalue weighted by molar-refractivity contribution is 6.09. The van der Waals surface area contributed by atoms with Gasteiger partial charge in [-0.25, -0.2) is 0 Å². The van der Waals surface area contributed by atoms with E-state index in [4.69, 9.17) is 0 Å². The van der Waals surface area contributed by atoms with Crippen molar-refractivity contribution in [2.24, 2.45) is 5.92 Å². The van der Waals surface area contributed by atoms with Crippen LogP contribution in [0.3, 0.4) is 0 Å². The van der Waals surface area contributed by atoms with Crippen LogP contribution in [0, 0.1) is 5.92 Å². The summed E-state index contributed by atoms with van der Waals surface area (Å²) in [7, 11) is 1.93. The molecule has 0 spiro atoms. The Morgan fingerprint density at radius 3 is 2.52 bits per heavy atom. The highest BCUT2D eigenvalue weighted by Crippen LogP contribution is 2.28. The lowest BCUT2D eigenvalue weighted by Crippen LogP contribution is -2.49. The van der Waals surface area contributed by atoms with Gasteiger partial charge in [0.2, 0.25) is 11.8 Å². The molecule has 1 aromatic carbocycles. The maximum absolute atomic E-state index is 12.8. The van der Waals surface area contributed by atoms with Crippen molar-refractivity contribution >= 4 is 17.5 Å². The van der Waals surface area contributed by atoms with Crippen molar-refractivity contribution in [3.8, 4) is 0 Å². The summed E-state index contributed by atoms with van der Waals surface area (Å²) >= 11 is 0. The summed E-state index contributed by atoms with van der Waals surface area (Å²) in [6, 6.07) is 8.49. The third kappa shape index (κ3) is 3.71. The van der Waals surface area contributed by atoms with E-state index in [9.17, 15) is 9.59 Å². The SMILES string of the molecule is CNC1CCCN(C(=O)C2CCN(c3ccc(C(C)C)cc3)C2=O)C1. The van der Waals surface area contributed by atoms with Crippen molar-refractivity contribution in [2.45, 2.75) is 45.1 Å². The lowest BCUT2D eigenvalue weighted by Gasteiger charge is -2.33. The molecule has 136 valence electrons. The molecule has 0 aliphatic carbocycles. The van der Waals surface area contributed by atoms with Crippen LogP contribution in [0.2, 0.25) is 0 Å². The van der Waals surface area contributed by atoms with Crippen LogP contribution in [0.4, 0.5) is 5.69 Å². The lowest BCUT2D eigenvalue weighted by atomic mass is 10.0. The van der Waals surface area contributed by atoms with Gasteiger partial charge in [-0.1, -0.05) is 26.0 Å². The molecule has 2 unspecified atom stereocenters. The van der Waals surface area contributed by atoms with Crippen molar-refractivity contribution in [1.29, 1.82) is 0 Å².